The molecule has 0 saturated carbocycles. The van der Waals surface area contributed by atoms with Crippen LogP contribution in [0.25, 0.3) is 0 Å². The van der Waals surface area contributed by atoms with Crippen molar-refractivity contribution < 1.29 is 13.2 Å². The molecule has 182 valence electrons. The molecule has 0 radical (unpaired) electrons. The standard InChI is InChI=1S/C28H31N3O3S/c1-22-12-14-25(15-13-22)35(33,34)30-18-16-28(17-19-30)29-26(20-23-8-4-2-5-9-23)27(32)31(28)21-24-10-6-3-7-11-24/h2-15,26,29H,16-21H2,1H3. The summed E-state index contributed by atoms with van der Waals surface area (Å²) < 4.78 is 28.1. The summed E-state index contributed by atoms with van der Waals surface area (Å²) in [6.07, 6.45) is 1.70. The van der Waals surface area contributed by atoms with Gasteiger partial charge in [0.1, 0.15) is 0 Å². The van der Waals surface area contributed by atoms with Crippen molar-refractivity contribution in [3.63, 3.8) is 0 Å². The van der Waals surface area contributed by atoms with Gasteiger partial charge in [-0.3, -0.25) is 10.1 Å². The molecule has 2 fully saturated rings. The maximum absolute atomic E-state index is 13.7. The Morgan fingerprint density at radius 3 is 2.03 bits per heavy atom. The Balaban J connectivity index is 1.38. The number of nitrogens with one attached hydrogen (secondary N) is 1. The van der Waals surface area contributed by atoms with Crippen molar-refractivity contribution in [2.45, 2.75) is 49.3 Å². The summed E-state index contributed by atoms with van der Waals surface area (Å²) >= 11 is 0. The van der Waals surface area contributed by atoms with Crippen LogP contribution in [0.3, 0.4) is 0 Å². The molecule has 6 nitrogen and oxygen atoms in total. The monoisotopic (exact) mass is 489 g/mol. The molecule has 2 heterocycles. The van der Waals surface area contributed by atoms with Gasteiger partial charge in [-0.25, -0.2) is 8.42 Å². The summed E-state index contributed by atoms with van der Waals surface area (Å²) in [5.74, 6) is 0.0764. The van der Waals surface area contributed by atoms with Crippen molar-refractivity contribution in [3.8, 4) is 0 Å². The quantitative estimate of drug-likeness (QED) is 0.573. The number of carbonyl (C=O) groups is 1. The van der Waals surface area contributed by atoms with E-state index in [2.05, 4.69) is 5.32 Å². The highest BCUT2D eigenvalue weighted by Crippen LogP contribution is 2.36. The zero-order valence-electron chi connectivity index (χ0n) is 19.9. The molecule has 3 aromatic carbocycles. The SMILES string of the molecule is Cc1ccc(S(=O)(=O)N2CCC3(CC2)NC(Cc2ccccc2)C(=O)N3Cc2ccccc2)cc1. The van der Waals surface area contributed by atoms with Gasteiger partial charge < -0.3 is 4.90 Å². The van der Waals surface area contributed by atoms with Gasteiger partial charge in [-0.15, -0.1) is 0 Å². The molecule has 35 heavy (non-hydrogen) atoms. The fourth-order valence-corrected chi connectivity index (χ4v) is 6.66. The number of nitrogens with zero attached hydrogens (tertiary/aromatic N) is 2. The van der Waals surface area contributed by atoms with Crippen LogP contribution in [0, 0.1) is 6.92 Å². The predicted molar refractivity (Wildman–Crippen MR) is 136 cm³/mol. The van der Waals surface area contributed by atoms with Crippen LogP contribution in [0.2, 0.25) is 0 Å². The summed E-state index contributed by atoms with van der Waals surface area (Å²) in [7, 11) is -3.57. The second-order valence-electron chi connectivity index (χ2n) is 9.55. The van der Waals surface area contributed by atoms with E-state index >= 15 is 0 Å². The molecule has 0 aliphatic carbocycles. The molecule has 2 saturated heterocycles. The zero-order chi connectivity index (χ0) is 24.5. The lowest BCUT2D eigenvalue weighted by Crippen LogP contribution is -2.59. The summed E-state index contributed by atoms with van der Waals surface area (Å²) in [5.41, 5.74) is 2.63. The molecule has 2 aliphatic rings. The molecule has 1 unspecified atom stereocenters. The fourth-order valence-electron chi connectivity index (χ4n) is 5.22. The first-order valence-electron chi connectivity index (χ1n) is 12.1. The van der Waals surface area contributed by atoms with Gasteiger partial charge in [0.2, 0.25) is 15.9 Å². The molecule has 1 atom stereocenters. The van der Waals surface area contributed by atoms with E-state index in [1.165, 1.54) is 0 Å². The zero-order valence-corrected chi connectivity index (χ0v) is 20.7. The van der Waals surface area contributed by atoms with Crippen LogP contribution in [0.5, 0.6) is 0 Å². The molecule has 5 rings (SSSR count). The number of amides is 1. The first kappa shape index (κ1) is 23.7. The molecule has 1 spiro atoms. The highest BCUT2D eigenvalue weighted by molar-refractivity contribution is 7.89. The average molecular weight is 490 g/mol. The summed E-state index contributed by atoms with van der Waals surface area (Å²) in [6, 6.07) is 26.7. The predicted octanol–water partition coefficient (Wildman–Crippen LogP) is 3.72. The van der Waals surface area contributed by atoms with Gasteiger partial charge in [-0.2, -0.15) is 4.31 Å². The molecular weight excluding hydrogens is 458 g/mol. The Morgan fingerprint density at radius 1 is 0.857 bits per heavy atom. The van der Waals surface area contributed by atoms with Crippen LogP contribution < -0.4 is 5.32 Å². The van der Waals surface area contributed by atoms with Crippen molar-refractivity contribution in [1.29, 1.82) is 0 Å². The van der Waals surface area contributed by atoms with Gasteiger partial charge in [-0.05, 0) is 49.4 Å². The van der Waals surface area contributed by atoms with E-state index in [4.69, 9.17) is 0 Å². The lowest BCUT2D eigenvalue weighted by atomic mass is 9.96. The largest absolute Gasteiger partial charge is 0.319 e. The summed E-state index contributed by atoms with van der Waals surface area (Å²) in [4.78, 5) is 15.9. The highest BCUT2D eigenvalue weighted by atomic mass is 32.2. The van der Waals surface area contributed by atoms with Gasteiger partial charge >= 0.3 is 0 Å². The minimum atomic E-state index is -3.57. The minimum Gasteiger partial charge on any atom is -0.319 e. The summed E-state index contributed by atoms with van der Waals surface area (Å²) in [6.45, 7) is 3.17. The van der Waals surface area contributed by atoms with Crippen LogP contribution >= 0.6 is 0 Å². The van der Waals surface area contributed by atoms with Crippen molar-refractivity contribution >= 4 is 15.9 Å². The van der Waals surface area contributed by atoms with E-state index < -0.39 is 15.7 Å². The fraction of sp³-hybridized carbons (Fsp3) is 0.321. The van der Waals surface area contributed by atoms with Crippen LogP contribution in [0.4, 0.5) is 0 Å². The van der Waals surface area contributed by atoms with Gasteiger partial charge in [0, 0.05) is 19.6 Å². The van der Waals surface area contributed by atoms with Crippen LogP contribution in [0.1, 0.15) is 29.5 Å². The molecule has 3 aromatic rings. The third-order valence-corrected chi connectivity index (χ3v) is 9.11. The molecule has 7 heteroatoms. The minimum absolute atomic E-state index is 0.0764. The molecule has 1 amide bonds. The normalized spacial score (nSPS) is 20.4. The number of hydrogen-bond donors (Lipinski definition) is 1. The number of piperidine rings is 1. The van der Waals surface area contributed by atoms with Crippen molar-refractivity contribution in [3.05, 3.63) is 102 Å². The number of hydrogen-bond acceptors (Lipinski definition) is 4. The Morgan fingerprint density at radius 2 is 1.43 bits per heavy atom. The molecule has 0 aromatic heterocycles. The number of sulfonamides is 1. The smallest absolute Gasteiger partial charge is 0.243 e. The van der Waals surface area contributed by atoms with E-state index in [1.54, 1.807) is 16.4 Å². The number of aryl methyl sites for hydroxylation is 1. The van der Waals surface area contributed by atoms with Crippen molar-refractivity contribution in [1.82, 2.24) is 14.5 Å². The second-order valence-corrected chi connectivity index (χ2v) is 11.5. The van der Waals surface area contributed by atoms with Gasteiger partial charge in [0.25, 0.3) is 0 Å². The van der Waals surface area contributed by atoms with E-state index in [1.807, 2.05) is 84.6 Å². The average Bonchev–Trinajstić information content (AvgIpc) is 3.11. The highest BCUT2D eigenvalue weighted by Gasteiger charge is 2.52. The Labute approximate surface area is 207 Å². The van der Waals surface area contributed by atoms with Crippen LogP contribution in [0.15, 0.2) is 89.8 Å². The van der Waals surface area contributed by atoms with Crippen LogP contribution in [-0.2, 0) is 27.8 Å². The van der Waals surface area contributed by atoms with Crippen molar-refractivity contribution in [2.24, 2.45) is 0 Å². The Bertz CT molecular complexity index is 1270. The van der Waals surface area contributed by atoms with E-state index in [0.717, 1.165) is 16.7 Å². The van der Waals surface area contributed by atoms with Gasteiger partial charge in [0.15, 0.2) is 0 Å². The van der Waals surface area contributed by atoms with Crippen molar-refractivity contribution in [2.75, 3.05) is 13.1 Å². The molecule has 1 N–H and O–H groups in total. The third kappa shape index (κ3) is 4.76. The molecule has 2 aliphatic heterocycles. The topological polar surface area (TPSA) is 69.7 Å². The number of carbonyl (C=O) groups excluding carboxylic acids is 1. The third-order valence-electron chi connectivity index (χ3n) is 7.20. The maximum atomic E-state index is 13.7. The van der Waals surface area contributed by atoms with Gasteiger partial charge in [0.05, 0.1) is 16.6 Å². The Kier molecular flexibility index (Phi) is 6.49. The maximum Gasteiger partial charge on any atom is 0.243 e. The lowest BCUT2D eigenvalue weighted by molar-refractivity contribution is -0.134. The number of benzene rings is 3. The second kappa shape index (κ2) is 9.57. The summed E-state index contributed by atoms with van der Waals surface area (Å²) in [5, 5.41) is 3.65. The Hall–Kier alpha value is -3.00. The first-order valence-corrected chi connectivity index (χ1v) is 13.6. The lowest BCUT2D eigenvalue weighted by Gasteiger charge is -2.44. The molecule has 0 bridgehead atoms. The van der Waals surface area contributed by atoms with Gasteiger partial charge in [-0.1, -0.05) is 78.4 Å². The van der Waals surface area contributed by atoms with Crippen LogP contribution in [-0.4, -0.2) is 48.3 Å². The first-order chi connectivity index (χ1) is 16.9. The van der Waals surface area contributed by atoms with E-state index in [0.29, 0.717) is 43.8 Å². The van der Waals surface area contributed by atoms with E-state index in [9.17, 15) is 13.2 Å². The molecular formula is C28H31N3O3S. The number of rotatable bonds is 6. The van der Waals surface area contributed by atoms with E-state index in [-0.39, 0.29) is 11.9 Å².